The first-order chi connectivity index (χ1) is 7.02. The van der Waals surface area contributed by atoms with Crippen molar-refractivity contribution in [2.24, 2.45) is 7.05 Å². The van der Waals surface area contributed by atoms with Crippen LogP contribution in [-0.2, 0) is 7.05 Å². The van der Waals surface area contributed by atoms with E-state index in [1.807, 2.05) is 21.0 Å². The van der Waals surface area contributed by atoms with Crippen molar-refractivity contribution in [3.05, 3.63) is 11.3 Å². The van der Waals surface area contributed by atoms with E-state index in [2.05, 4.69) is 29.9 Å². The van der Waals surface area contributed by atoms with Crippen molar-refractivity contribution in [2.45, 2.75) is 33.2 Å². The molecule has 0 saturated heterocycles. The van der Waals surface area contributed by atoms with Gasteiger partial charge in [0.15, 0.2) is 0 Å². The van der Waals surface area contributed by atoms with Gasteiger partial charge in [0.1, 0.15) is 17.5 Å². The number of hydrogen-bond donors (Lipinski definition) is 0. The first-order valence-corrected chi connectivity index (χ1v) is 5.19. The number of hydrogen-bond acceptors (Lipinski definition) is 3. The van der Waals surface area contributed by atoms with Crippen LogP contribution in [0.5, 0.6) is 0 Å². The van der Waals surface area contributed by atoms with Crippen molar-refractivity contribution in [2.75, 3.05) is 11.9 Å². The second-order valence-corrected chi connectivity index (χ2v) is 3.89. The van der Waals surface area contributed by atoms with E-state index in [4.69, 9.17) is 5.26 Å². The summed E-state index contributed by atoms with van der Waals surface area (Å²) in [6.45, 7) is 6.15. The lowest BCUT2D eigenvalue weighted by Gasteiger charge is -2.25. The van der Waals surface area contributed by atoms with Gasteiger partial charge in [0, 0.05) is 20.1 Å². The first-order valence-electron chi connectivity index (χ1n) is 5.19. The largest absolute Gasteiger partial charge is 0.356 e. The molecule has 1 unspecified atom stereocenters. The summed E-state index contributed by atoms with van der Waals surface area (Å²) in [5.41, 5.74) is 1.48. The summed E-state index contributed by atoms with van der Waals surface area (Å²) in [7, 11) is 3.88. The SMILES string of the molecule is CCC(C)N(C)c1c(C#N)c(C)nn1C. The van der Waals surface area contributed by atoms with E-state index in [0.717, 1.165) is 17.9 Å². The van der Waals surface area contributed by atoms with E-state index >= 15 is 0 Å². The number of anilines is 1. The summed E-state index contributed by atoms with van der Waals surface area (Å²) in [6, 6.07) is 2.63. The molecule has 4 nitrogen and oxygen atoms in total. The molecule has 0 spiro atoms. The second kappa shape index (κ2) is 4.35. The smallest absolute Gasteiger partial charge is 0.144 e. The normalized spacial score (nSPS) is 12.3. The average molecular weight is 206 g/mol. The maximum atomic E-state index is 9.09. The van der Waals surface area contributed by atoms with E-state index in [0.29, 0.717) is 11.6 Å². The molecule has 0 radical (unpaired) electrons. The van der Waals surface area contributed by atoms with Crippen LogP contribution in [0.25, 0.3) is 0 Å². The number of nitriles is 1. The highest BCUT2D eigenvalue weighted by atomic mass is 15.4. The fourth-order valence-electron chi connectivity index (χ4n) is 1.66. The molecule has 1 aromatic heterocycles. The Morgan fingerprint density at radius 2 is 2.20 bits per heavy atom. The van der Waals surface area contributed by atoms with Gasteiger partial charge in [-0.15, -0.1) is 0 Å². The van der Waals surface area contributed by atoms with E-state index in [1.165, 1.54) is 0 Å². The van der Waals surface area contributed by atoms with Crippen LogP contribution in [-0.4, -0.2) is 22.9 Å². The molecule has 0 aliphatic rings. The molecule has 15 heavy (non-hydrogen) atoms. The van der Waals surface area contributed by atoms with Crippen LogP contribution in [0.2, 0.25) is 0 Å². The minimum absolute atomic E-state index is 0.409. The predicted molar refractivity (Wildman–Crippen MR) is 60.8 cm³/mol. The Kier molecular flexibility index (Phi) is 3.35. The van der Waals surface area contributed by atoms with Gasteiger partial charge >= 0.3 is 0 Å². The zero-order chi connectivity index (χ0) is 11.6. The minimum Gasteiger partial charge on any atom is -0.356 e. The van der Waals surface area contributed by atoms with E-state index < -0.39 is 0 Å². The number of nitrogens with zero attached hydrogens (tertiary/aromatic N) is 4. The van der Waals surface area contributed by atoms with Crippen molar-refractivity contribution in [3.8, 4) is 6.07 Å². The van der Waals surface area contributed by atoms with E-state index in [1.54, 1.807) is 4.68 Å². The molecule has 0 aliphatic carbocycles. The van der Waals surface area contributed by atoms with Crippen molar-refractivity contribution in [1.82, 2.24) is 9.78 Å². The highest BCUT2D eigenvalue weighted by Gasteiger charge is 2.19. The van der Waals surface area contributed by atoms with E-state index in [-0.39, 0.29) is 0 Å². The van der Waals surface area contributed by atoms with Crippen LogP contribution in [0.1, 0.15) is 31.5 Å². The zero-order valence-corrected chi connectivity index (χ0v) is 10.1. The lowest BCUT2D eigenvalue weighted by atomic mass is 10.2. The van der Waals surface area contributed by atoms with Gasteiger partial charge in [-0.1, -0.05) is 6.92 Å². The molecular formula is C11H18N4. The van der Waals surface area contributed by atoms with Gasteiger partial charge in [0.2, 0.25) is 0 Å². The summed E-state index contributed by atoms with van der Waals surface area (Å²) < 4.78 is 1.78. The monoisotopic (exact) mass is 206 g/mol. The van der Waals surface area contributed by atoms with E-state index in [9.17, 15) is 0 Å². The molecule has 0 bridgehead atoms. The van der Waals surface area contributed by atoms with Gasteiger partial charge in [-0.3, -0.25) is 4.68 Å². The van der Waals surface area contributed by atoms with Crippen molar-refractivity contribution < 1.29 is 0 Å². The maximum absolute atomic E-state index is 9.09. The summed E-state index contributed by atoms with van der Waals surface area (Å²) in [4.78, 5) is 2.11. The third-order valence-corrected chi connectivity index (χ3v) is 2.89. The highest BCUT2D eigenvalue weighted by molar-refractivity contribution is 5.56. The third-order valence-electron chi connectivity index (χ3n) is 2.89. The summed E-state index contributed by atoms with van der Waals surface area (Å²) >= 11 is 0. The van der Waals surface area contributed by atoms with Crippen LogP contribution >= 0.6 is 0 Å². The molecule has 0 N–H and O–H groups in total. The Labute approximate surface area is 91.1 Å². The van der Waals surface area contributed by atoms with Crippen LogP contribution < -0.4 is 4.90 Å². The topological polar surface area (TPSA) is 44.9 Å². The lowest BCUT2D eigenvalue weighted by Crippen LogP contribution is -2.30. The molecule has 4 heteroatoms. The molecule has 0 amide bonds. The molecule has 0 fully saturated rings. The average Bonchev–Trinajstić information content (AvgIpc) is 2.50. The minimum atomic E-state index is 0.409. The van der Waals surface area contributed by atoms with Crippen molar-refractivity contribution >= 4 is 5.82 Å². The van der Waals surface area contributed by atoms with Crippen LogP contribution in [0.4, 0.5) is 5.82 Å². The highest BCUT2D eigenvalue weighted by Crippen LogP contribution is 2.23. The standard InChI is InChI=1S/C11H18N4/c1-6-8(2)14(4)11-10(7-12)9(3)13-15(11)5/h8H,6H2,1-5H3. The molecule has 0 aliphatic heterocycles. The molecule has 0 aromatic carbocycles. The van der Waals surface area contributed by atoms with Gasteiger partial charge in [-0.2, -0.15) is 10.4 Å². The molecule has 82 valence electrons. The molecule has 0 saturated carbocycles. The summed E-state index contributed by atoms with van der Waals surface area (Å²) in [6.07, 6.45) is 1.05. The van der Waals surface area contributed by atoms with Crippen LogP contribution in [0.15, 0.2) is 0 Å². The molecule has 1 atom stereocenters. The quantitative estimate of drug-likeness (QED) is 0.758. The second-order valence-electron chi connectivity index (χ2n) is 3.89. The Morgan fingerprint density at radius 3 is 2.67 bits per heavy atom. The lowest BCUT2D eigenvalue weighted by molar-refractivity contribution is 0.629. The first kappa shape index (κ1) is 11.6. The Balaban J connectivity index is 3.19. The summed E-state index contributed by atoms with van der Waals surface area (Å²) in [5.74, 6) is 0.907. The fraction of sp³-hybridized carbons (Fsp3) is 0.636. The van der Waals surface area contributed by atoms with Gasteiger partial charge in [-0.25, -0.2) is 0 Å². The predicted octanol–water partition coefficient (Wildman–Crippen LogP) is 1.83. The van der Waals surface area contributed by atoms with Crippen LogP contribution in [0, 0.1) is 18.3 Å². The van der Waals surface area contributed by atoms with Crippen LogP contribution in [0.3, 0.4) is 0 Å². The van der Waals surface area contributed by atoms with Gasteiger partial charge < -0.3 is 4.90 Å². The molecule has 1 aromatic rings. The van der Waals surface area contributed by atoms with Gasteiger partial charge in [-0.05, 0) is 20.3 Å². The number of rotatable bonds is 3. The molecular weight excluding hydrogens is 188 g/mol. The zero-order valence-electron chi connectivity index (χ0n) is 10.1. The van der Waals surface area contributed by atoms with Gasteiger partial charge in [0.05, 0.1) is 5.69 Å². The Morgan fingerprint density at radius 1 is 1.60 bits per heavy atom. The summed E-state index contributed by atoms with van der Waals surface area (Å²) in [5, 5.41) is 13.4. The van der Waals surface area contributed by atoms with Crippen molar-refractivity contribution in [1.29, 1.82) is 5.26 Å². The fourth-order valence-corrected chi connectivity index (χ4v) is 1.66. The maximum Gasteiger partial charge on any atom is 0.144 e. The number of aryl methyl sites for hydroxylation is 2. The molecule has 1 heterocycles. The third kappa shape index (κ3) is 1.96. The number of aromatic nitrogens is 2. The Hall–Kier alpha value is -1.50. The molecule has 1 rings (SSSR count). The Bertz CT molecular complexity index is 386. The van der Waals surface area contributed by atoms with Gasteiger partial charge in [0.25, 0.3) is 0 Å². The van der Waals surface area contributed by atoms with Crippen molar-refractivity contribution in [3.63, 3.8) is 0 Å².